The highest BCUT2D eigenvalue weighted by atomic mass is 35.5. The number of imide groups is 1. The first-order valence-electron chi connectivity index (χ1n) is 12.1. The van der Waals surface area contributed by atoms with Gasteiger partial charge >= 0.3 is 0 Å². The van der Waals surface area contributed by atoms with Crippen LogP contribution in [0.4, 0.5) is 5.69 Å². The molecule has 190 valence electrons. The van der Waals surface area contributed by atoms with Gasteiger partial charge in [0, 0.05) is 12.1 Å². The average molecular weight is 518 g/mol. The predicted octanol–water partition coefficient (Wildman–Crippen LogP) is 5.23. The molecule has 37 heavy (non-hydrogen) atoms. The lowest BCUT2D eigenvalue weighted by molar-refractivity contribution is -0.138. The van der Waals surface area contributed by atoms with Crippen LogP contribution >= 0.6 is 11.6 Å². The number of hydrogen-bond donors (Lipinski definition) is 2. The summed E-state index contributed by atoms with van der Waals surface area (Å²) in [5.41, 5.74) is 2.81. The molecule has 1 aliphatic heterocycles. The Labute approximate surface area is 221 Å². The van der Waals surface area contributed by atoms with Crippen LogP contribution in [0.2, 0.25) is 0 Å². The number of benzene rings is 3. The van der Waals surface area contributed by atoms with E-state index in [-0.39, 0.29) is 29.7 Å². The van der Waals surface area contributed by atoms with Crippen molar-refractivity contribution in [1.82, 2.24) is 10.2 Å². The number of carbonyl (C=O) groups is 3. The van der Waals surface area contributed by atoms with Crippen LogP contribution < -0.4 is 15.4 Å². The molecule has 0 aromatic heterocycles. The maximum Gasteiger partial charge on any atom is 0.278 e. The molecule has 3 aromatic rings. The van der Waals surface area contributed by atoms with Crippen molar-refractivity contribution in [3.8, 4) is 5.75 Å². The van der Waals surface area contributed by atoms with Gasteiger partial charge in [-0.1, -0.05) is 79.5 Å². The molecule has 1 aliphatic rings. The Morgan fingerprint density at radius 1 is 0.892 bits per heavy atom. The zero-order chi connectivity index (χ0) is 26.2. The number of para-hydroxylation sites is 2. The van der Waals surface area contributed by atoms with E-state index >= 15 is 0 Å². The summed E-state index contributed by atoms with van der Waals surface area (Å²) in [5.74, 6) is -0.615. The van der Waals surface area contributed by atoms with Crippen LogP contribution in [-0.4, -0.2) is 29.2 Å². The smallest absolute Gasteiger partial charge is 0.278 e. The molecule has 8 heteroatoms. The molecule has 3 aromatic carbocycles. The van der Waals surface area contributed by atoms with Crippen LogP contribution in [0.5, 0.6) is 5.75 Å². The molecule has 0 spiro atoms. The van der Waals surface area contributed by atoms with Gasteiger partial charge in [-0.3, -0.25) is 19.3 Å². The van der Waals surface area contributed by atoms with Gasteiger partial charge in [-0.05, 0) is 41.8 Å². The van der Waals surface area contributed by atoms with Crippen LogP contribution in [0.15, 0.2) is 89.6 Å². The van der Waals surface area contributed by atoms with Crippen LogP contribution in [0.3, 0.4) is 0 Å². The van der Waals surface area contributed by atoms with Gasteiger partial charge in [-0.15, -0.1) is 0 Å². The number of nitrogens with one attached hydrogen (secondary N) is 2. The highest BCUT2D eigenvalue weighted by Crippen LogP contribution is 2.26. The number of hydrogen-bond acceptors (Lipinski definition) is 5. The van der Waals surface area contributed by atoms with Gasteiger partial charge in [0.25, 0.3) is 17.7 Å². The van der Waals surface area contributed by atoms with E-state index < -0.39 is 11.8 Å². The van der Waals surface area contributed by atoms with Crippen LogP contribution in [0.25, 0.3) is 0 Å². The van der Waals surface area contributed by atoms with E-state index in [0.29, 0.717) is 23.6 Å². The minimum absolute atomic E-state index is 0.0732. The number of amides is 3. The summed E-state index contributed by atoms with van der Waals surface area (Å²) in [5, 5.41) is 5.75. The normalized spacial score (nSPS) is 13.2. The first kappa shape index (κ1) is 26.0. The van der Waals surface area contributed by atoms with Crippen molar-refractivity contribution >= 4 is 35.0 Å². The standard InChI is InChI=1S/C29H28ClN3O4/c1-2-3-17-37-24-12-8-7-11-23(24)32-27(34)22-15-13-20(14-16-22)18-31-26-25(30)28(35)33(29(26)36)19-21-9-5-4-6-10-21/h4-16,31H,2-3,17-19H2,1H3,(H,32,34). The van der Waals surface area contributed by atoms with E-state index in [0.717, 1.165) is 28.9 Å². The van der Waals surface area contributed by atoms with Gasteiger partial charge in [0.2, 0.25) is 0 Å². The largest absolute Gasteiger partial charge is 0.491 e. The first-order valence-corrected chi connectivity index (χ1v) is 12.5. The molecular formula is C29H28ClN3O4. The lowest BCUT2D eigenvalue weighted by Crippen LogP contribution is -2.33. The number of ether oxygens (including phenoxy) is 1. The van der Waals surface area contributed by atoms with Crippen molar-refractivity contribution in [2.45, 2.75) is 32.9 Å². The Bertz CT molecular complexity index is 1310. The van der Waals surface area contributed by atoms with Gasteiger partial charge in [0.15, 0.2) is 0 Å². The number of unbranched alkanes of at least 4 members (excludes halogenated alkanes) is 1. The van der Waals surface area contributed by atoms with Crippen molar-refractivity contribution < 1.29 is 19.1 Å². The Hall–Kier alpha value is -4.10. The third-order valence-corrected chi connectivity index (χ3v) is 6.22. The van der Waals surface area contributed by atoms with Crippen molar-refractivity contribution in [3.63, 3.8) is 0 Å². The number of anilines is 1. The summed E-state index contributed by atoms with van der Waals surface area (Å²) < 4.78 is 5.79. The molecule has 0 saturated carbocycles. The summed E-state index contributed by atoms with van der Waals surface area (Å²) in [6.45, 7) is 3.09. The number of halogens is 1. The van der Waals surface area contributed by atoms with E-state index in [1.807, 2.05) is 48.5 Å². The van der Waals surface area contributed by atoms with Gasteiger partial charge in [0.1, 0.15) is 16.5 Å². The summed E-state index contributed by atoms with van der Waals surface area (Å²) in [4.78, 5) is 39.3. The van der Waals surface area contributed by atoms with Crippen LogP contribution in [0, 0.1) is 0 Å². The zero-order valence-electron chi connectivity index (χ0n) is 20.5. The van der Waals surface area contributed by atoms with E-state index in [4.69, 9.17) is 16.3 Å². The van der Waals surface area contributed by atoms with Crippen molar-refractivity contribution in [1.29, 1.82) is 0 Å². The minimum Gasteiger partial charge on any atom is -0.491 e. The third-order valence-electron chi connectivity index (χ3n) is 5.87. The van der Waals surface area contributed by atoms with Crippen LogP contribution in [-0.2, 0) is 22.7 Å². The maximum absolute atomic E-state index is 12.8. The van der Waals surface area contributed by atoms with Crippen molar-refractivity contribution in [3.05, 3.63) is 106 Å². The second-order valence-corrected chi connectivity index (χ2v) is 8.95. The monoisotopic (exact) mass is 517 g/mol. The topological polar surface area (TPSA) is 87.7 Å². The summed E-state index contributed by atoms with van der Waals surface area (Å²) in [6, 6.07) is 23.5. The molecule has 0 radical (unpaired) electrons. The van der Waals surface area contributed by atoms with E-state index in [2.05, 4.69) is 17.6 Å². The Morgan fingerprint density at radius 3 is 2.32 bits per heavy atom. The molecule has 0 unspecified atom stereocenters. The summed E-state index contributed by atoms with van der Waals surface area (Å²) >= 11 is 6.19. The fourth-order valence-electron chi connectivity index (χ4n) is 3.79. The van der Waals surface area contributed by atoms with Crippen molar-refractivity contribution in [2.75, 3.05) is 11.9 Å². The number of rotatable bonds is 11. The highest BCUT2D eigenvalue weighted by molar-refractivity contribution is 6.47. The summed E-state index contributed by atoms with van der Waals surface area (Å²) in [7, 11) is 0. The predicted molar refractivity (Wildman–Crippen MR) is 143 cm³/mol. The molecular weight excluding hydrogens is 490 g/mol. The second kappa shape index (κ2) is 12.2. The average Bonchev–Trinajstić information content (AvgIpc) is 3.12. The Kier molecular flexibility index (Phi) is 8.59. The molecule has 0 atom stereocenters. The third kappa shape index (κ3) is 6.37. The van der Waals surface area contributed by atoms with E-state index in [9.17, 15) is 14.4 Å². The number of carbonyl (C=O) groups excluding carboxylic acids is 3. The Morgan fingerprint density at radius 2 is 1.59 bits per heavy atom. The minimum atomic E-state index is -0.524. The van der Waals surface area contributed by atoms with Gasteiger partial charge < -0.3 is 15.4 Å². The van der Waals surface area contributed by atoms with Crippen LogP contribution in [0.1, 0.15) is 41.3 Å². The van der Waals surface area contributed by atoms with E-state index in [1.165, 1.54) is 0 Å². The fourth-order valence-corrected chi connectivity index (χ4v) is 4.04. The molecule has 2 N–H and O–H groups in total. The molecule has 0 aliphatic carbocycles. The lowest BCUT2D eigenvalue weighted by Gasteiger charge is -2.15. The lowest BCUT2D eigenvalue weighted by atomic mass is 10.1. The molecule has 4 rings (SSSR count). The first-order chi connectivity index (χ1) is 18.0. The van der Waals surface area contributed by atoms with E-state index in [1.54, 1.807) is 30.3 Å². The van der Waals surface area contributed by atoms with Crippen molar-refractivity contribution in [2.24, 2.45) is 0 Å². The zero-order valence-corrected chi connectivity index (χ0v) is 21.3. The highest BCUT2D eigenvalue weighted by Gasteiger charge is 2.37. The summed E-state index contributed by atoms with van der Waals surface area (Å²) in [6.07, 6.45) is 1.96. The van der Waals surface area contributed by atoms with Gasteiger partial charge in [-0.25, -0.2) is 0 Å². The molecule has 3 amide bonds. The SMILES string of the molecule is CCCCOc1ccccc1NC(=O)c1ccc(CNC2=C(Cl)C(=O)N(Cc3ccccc3)C2=O)cc1. The van der Waals surface area contributed by atoms with Gasteiger partial charge in [-0.2, -0.15) is 0 Å². The van der Waals surface area contributed by atoms with Gasteiger partial charge in [0.05, 0.1) is 18.8 Å². The molecule has 0 bridgehead atoms. The maximum atomic E-state index is 12.8. The molecule has 1 heterocycles. The second-order valence-electron chi connectivity index (χ2n) is 8.57. The quantitative estimate of drug-likeness (QED) is 0.269. The molecule has 0 fully saturated rings. The molecule has 0 saturated heterocycles. The fraction of sp³-hybridized carbons (Fsp3) is 0.207. The Balaban J connectivity index is 1.35. The molecule has 7 nitrogen and oxygen atoms in total. The number of nitrogens with zero attached hydrogens (tertiary/aromatic N) is 1.